The zero-order chi connectivity index (χ0) is 11.6. The lowest BCUT2D eigenvalue weighted by Gasteiger charge is -2.27. The van der Waals surface area contributed by atoms with Crippen LogP contribution in [0, 0.1) is 10.8 Å². The predicted molar refractivity (Wildman–Crippen MR) is 59.9 cm³/mol. The van der Waals surface area contributed by atoms with E-state index in [0.717, 1.165) is 0 Å². The smallest absolute Gasteiger partial charge is 0.237 e. The first-order valence-corrected chi connectivity index (χ1v) is 5.07. The highest BCUT2D eigenvalue weighted by atomic mass is 16.2. The molecule has 0 spiro atoms. The van der Waals surface area contributed by atoms with Gasteiger partial charge in [0.2, 0.25) is 5.91 Å². The summed E-state index contributed by atoms with van der Waals surface area (Å²) < 4.78 is 0. The van der Waals surface area contributed by atoms with E-state index >= 15 is 0 Å². The van der Waals surface area contributed by atoms with Crippen molar-refractivity contribution in [2.24, 2.45) is 16.6 Å². The average molecular weight is 200 g/mol. The lowest BCUT2D eigenvalue weighted by molar-refractivity contribution is -0.124. The Morgan fingerprint density at radius 2 is 1.64 bits per heavy atom. The Bertz CT molecular complexity index is 198. The van der Waals surface area contributed by atoms with Crippen LogP contribution in [0.5, 0.6) is 0 Å². The summed E-state index contributed by atoms with van der Waals surface area (Å²) in [6.07, 6.45) is 0. The molecule has 0 rings (SSSR count). The fraction of sp³-hybridized carbons (Fsp3) is 0.909. The van der Waals surface area contributed by atoms with Crippen LogP contribution in [0.25, 0.3) is 0 Å². The third-order valence-corrected chi connectivity index (χ3v) is 2.01. The third-order valence-electron chi connectivity index (χ3n) is 2.01. The Morgan fingerprint density at radius 3 is 1.93 bits per heavy atom. The molecule has 0 aromatic carbocycles. The summed E-state index contributed by atoms with van der Waals surface area (Å²) in [5.74, 6) is -0.0626. The van der Waals surface area contributed by atoms with Crippen LogP contribution in [0.2, 0.25) is 0 Å². The second-order valence-corrected chi connectivity index (χ2v) is 6.12. The van der Waals surface area contributed by atoms with Gasteiger partial charge in [0.05, 0.1) is 6.04 Å². The minimum Gasteiger partial charge on any atom is -0.354 e. The summed E-state index contributed by atoms with van der Waals surface area (Å²) in [5.41, 5.74) is 5.74. The molecule has 0 saturated carbocycles. The average Bonchev–Trinajstić information content (AvgIpc) is 1.95. The van der Waals surface area contributed by atoms with E-state index in [2.05, 4.69) is 26.1 Å². The van der Waals surface area contributed by atoms with Gasteiger partial charge in [-0.1, -0.05) is 41.5 Å². The highest BCUT2D eigenvalue weighted by Gasteiger charge is 2.27. The summed E-state index contributed by atoms with van der Waals surface area (Å²) in [4.78, 5) is 11.6. The molecule has 3 heteroatoms. The zero-order valence-corrected chi connectivity index (χ0v) is 10.3. The summed E-state index contributed by atoms with van der Waals surface area (Å²) in [6.45, 7) is 12.8. The van der Waals surface area contributed by atoms with Crippen molar-refractivity contribution in [2.45, 2.75) is 47.6 Å². The van der Waals surface area contributed by atoms with Gasteiger partial charge in [-0.3, -0.25) is 4.79 Å². The largest absolute Gasteiger partial charge is 0.354 e. The molecule has 1 amide bonds. The molecule has 0 aliphatic rings. The van der Waals surface area contributed by atoms with Gasteiger partial charge in [0.25, 0.3) is 0 Å². The normalized spacial score (nSPS) is 15.1. The topological polar surface area (TPSA) is 55.1 Å². The minimum absolute atomic E-state index is 0.0626. The van der Waals surface area contributed by atoms with Gasteiger partial charge in [0.1, 0.15) is 0 Å². The van der Waals surface area contributed by atoms with E-state index in [-0.39, 0.29) is 16.7 Å². The molecule has 3 N–H and O–H groups in total. The van der Waals surface area contributed by atoms with Gasteiger partial charge in [-0.25, -0.2) is 0 Å². The highest BCUT2D eigenvalue weighted by molar-refractivity contribution is 5.82. The Balaban J connectivity index is 4.11. The van der Waals surface area contributed by atoms with Crippen molar-refractivity contribution < 1.29 is 4.79 Å². The molecule has 3 nitrogen and oxygen atoms in total. The van der Waals surface area contributed by atoms with Crippen LogP contribution in [-0.2, 0) is 4.79 Å². The standard InChI is InChI=1S/C11H24N2O/c1-10(2,3)7-13-9(14)8(12)11(4,5)6/h8H,7,12H2,1-6H3,(H,13,14)/t8-/m1/s1. The van der Waals surface area contributed by atoms with Crippen molar-refractivity contribution in [3.8, 4) is 0 Å². The predicted octanol–water partition coefficient (Wildman–Crippen LogP) is 1.52. The maximum Gasteiger partial charge on any atom is 0.237 e. The first-order valence-electron chi connectivity index (χ1n) is 5.07. The molecule has 0 aliphatic carbocycles. The van der Waals surface area contributed by atoms with Crippen LogP contribution in [0.15, 0.2) is 0 Å². The molecule has 0 unspecified atom stereocenters. The summed E-state index contributed by atoms with van der Waals surface area (Å²) >= 11 is 0. The number of nitrogens with one attached hydrogen (secondary N) is 1. The molecule has 0 aliphatic heterocycles. The number of carbonyl (C=O) groups excluding carboxylic acids is 1. The molecule has 84 valence electrons. The van der Waals surface area contributed by atoms with Crippen molar-refractivity contribution >= 4 is 5.91 Å². The van der Waals surface area contributed by atoms with Gasteiger partial charge in [0.15, 0.2) is 0 Å². The van der Waals surface area contributed by atoms with E-state index in [0.29, 0.717) is 6.54 Å². The van der Waals surface area contributed by atoms with Crippen LogP contribution in [0.4, 0.5) is 0 Å². The number of hydrogen-bond acceptors (Lipinski definition) is 2. The molecular formula is C11H24N2O. The van der Waals surface area contributed by atoms with Crippen molar-refractivity contribution in [1.82, 2.24) is 5.32 Å². The molecule has 14 heavy (non-hydrogen) atoms. The lowest BCUT2D eigenvalue weighted by Crippen LogP contribution is -2.50. The van der Waals surface area contributed by atoms with E-state index < -0.39 is 6.04 Å². The molecule has 0 aromatic heterocycles. The summed E-state index contributed by atoms with van der Waals surface area (Å²) in [7, 11) is 0. The fourth-order valence-corrected chi connectivity index (χ4v) is 0.856. The van der Waals surface area contributed by atoms with Gasteiger partial charge in [-0.05, 0) is 10.8 Å². The van der Waals surface area contributed by atoms with Crippen LogP contribution in [-0.4, -0.2) is 18.5 Å². The maximum atomic E-state index is 11.6. The lowest BCUT2D eigenvalue weighted by atomic mass is 9.86. The number of carbonyl (C=O) groups is 1. The van der Waals surface area contributed by atoms with Crippen molar-refractivity contribution in [1.29, 1.82) is 0 Å². The fourth-order valence-electron chi connectivity index (χ4n) is 0.856. The molecule has 0 radical (unpaired) electrons. The maximum absolute atomic E-state index is 11.6. The highest BCUT2D eigenvalue weighted by Crippen LogP contribution is 2.17. The Morgan fingerprint density at radius 1 is 1.21 bits per heavy atom. The monoisotopic (exact) mass is 200 g/mol. The van der Waals surface area contributed by atoms with Crippen LogP contribution in [0.1, 0.15) is 41.5 Å². The first-order chi connectivity index (χ1) is 6.04. The second kappa shape index (κ2) is 4.30. The van der Waals surface area contributed by atoms with Crippen molar-refractivity contribution in [2.75, 3.05) is 6.54 Å². The van der Waals surface area contributed by atoms with Gasteiger partial charge < -0.3 is 11.1 Å². The quantitative estimate of drug-likeness (QED) is 0.710. The number of hydrogen-bond donors (Lipinski definition) is 2. The minimum atomic E-state index is -0.440. The number of amides is 1. The molecule has 0 bridgehead atoms. The van der Waals surface area contributed by atoms with Gasteiger partial charge >= 0.3 is 0 Å². The number of nitrogens with two attached hydrogens (primary N) is 1. The zero-order valence-electron chi connectivity index (χ0n) is 10.3. The molecule has 0 heterocycles. The van der Waals surface area contributed by atoms with E-state index in [9.17, 15) is 4.79 Å². The van der Waals surface area contributed by atoms with Gasteiger partial charge in [-0.15, -0.1) is 0 Å². The summed E-state index contributed by atoms with van der Waals surface area (Å²) in [5, 5.41) is 2.86. The summed E-state index contributed by atoms with van der Waals surface area (Å²) in [6, 6.07) is -0.440. The van der Waals surface area contributed by atoms with E-state index in [1.54, 1.807) is 0 Å². The number of rotatable bonds is 2. The molecule has 0 aromatic rings. The van der Waals surface area contributed by atoms with E-state index in [4.69, 9.17) is 5.73 Å². The van der Waals surface area contributed by atoms with Gasteiger partial charge in [0, 0.05) is 6.54 Å². The van der Waals surface area contributed by atoms with Gasteiger partial charge in [-0.2, -0.15) is 0 Å². The second-order valence-electron chi connectivity index (χ2n) is 6.12. The van der Waals surface area contributed by atoms with Crippen LogP contribution in [0.3, 0.4) is 0 Å². The molecular weight excluding hydrogens is 176 g/mol. The van der Waals surface area contributed by atoms with Crippen molar-refractivity contribution in [3.63, 3.8) is 0 Å². The molecule has 0 fully saturated rings. The van der Waals surface area contributed by atoms with Crippen LogP contribution >= 0.6 is 0 Å². The third kappa shape index (κ3) is 5.22. The Hall–Kier alpha value is -0.570. The molecule has 1 atom stereocenters. The van der Waals surface area contributed by atoms with E-state index in [1.807, 2.05) is 20.8 Å². The van der Waals surface area contributed by atoms with E-state index in [1.165, 1.54) is 0 Å². The Labute approximate surface area is 87.4 Å². The first kappa shape index (κ1) is 13.4. The molecule has 0 saturated heterocycles. The SMILES string of the molecule is CC(C)(C)CNC(=O)[C@@H](N)C(C)(C)C. The Kier molecular flexibility index (Phi) is 4.13. The van der Waals surface area contributed by atoms with Crippen LogP contribution < -0.4 is 11.1 Å². The van der Waals surface area contributed by atoms with Crippen molar-refractivity contribution in [3.05, 3.63) is 0 Å².